The number of ether oxygens (including phenoxy) is 1. The molecule has 1 aromatic carbocycles. The van der Waals surface area contributed by atoms with Crippen molar-refractivity contribution in [3.63, 3.8) is 0 Å². The number of hydrogen-bond donors (Lipinski definition) is 2. The maximum absolute atomic E-state index is 8.84. The molecule has 0 aliphatic carbocycles. The third-order valence-corrected chi connectivity index (χ3v) is 3.13. The lowest BCUT2D eigenvalue weighted by Crippen LogP contribution is -2.30. The van der Waals surface area contributed by atoms with Gasteiger partial charge in [0, 0.05) is 13.2 Å². The van der Waals surface area contributed by atoms with E-state index in [4.69, 9.17) is 9.84 Å². The van der Waals surface area contributed by atoms with Crippen molar-refractivity contribution in [2.45, 2.75) is 33.1 Å². The molecule has 0 aliphatic rings. The largest absolute Gasteiger partial charge is 0.494 e. The molecule has 0 radical (unpaired) electrons. The quantitative estimate of drug-likeness (QED) is 0.639. The van der Waals surface area contributed by atoms with Crippen LogP contribution in [0.5, 0.6) is 5.75 Å². The summed E-state index contributed by atoms with van der Waals surface area (Å²) in [6.07, 6.45) is 2.94. The predicted octanol–water partition coefficient (Wildman–Crippen LogP) is 2.84. The summed E-state index contributed by atoms with van der Waals surface area (Å²) in [6.45, 7) is 7.45. The van der Waals surface area contributed by atoms with Gasteiger partial charge in [-0.2, -0.15) is 0 Å². The van der Waals surface area contributed by atoms with Crippen molar-refractivity contribution in [3.8, 4) is 5.75 Å². The number of benzene rings is 1. The summed E-state index contributed by atoms with van der Waals surface area (Å²) in [5.74, 6) is 0.936. The fraction of sp³-hybridized carbons (Fsp3) is 0.625. The first-order valence-corrected chi connectivity index (χ1v) is 7.13. The topological polar surface area (TPSA) is 41.5 Å². The molecule has 0 bridgehead atoms. The highest BCUT2D eigenvalue weighted by Gasteiger charge is 2.16. The average Bonchev–Trinajstić information content (AvgIpc) is 2.42. The maximum Gasteiger partial charge on any atom is 0.119 e. The number of para-hydroxylation sites is 1. The standard InChI is InChI=1S/C16H27NO2/c1-16(2,10-6-12-18)14-17-11-7-13-19-15-8-4-3-5-9-15/h3-5,8-9,17-18H,6-7,10-14H2,1-2H3. The van der Waals surface area contributed by atoms with Gasteiger partial charge < -0.3 is 15.2 Å². The first-order chi connectivity index (χ1) is 9.14. The molecule has 0 unspecified atom stereocenters. The second-order valence-electron chi connectivity index (χ2n) is 5.68. The first kappa shape index (κ1) is 16.0. The van der Waals surface area contributed by atoms with Crippen LogP contribution in [-0.2, 0) is 0 Å². The summed E-state index contributed by atoms with van der Waals surface area (Å²) in [6, 6.07) is 9.91. The van der Waals surface area contributed by atoms with Crippen molar-refractivity contribution >= 4 is 0 Å². The van der Waals surface area contributed by atoms with E-state index in [0.717, 1.165) is 44.7 Å². The van der Waals surface area contributed by atoms with E-state index in [1.54, 1.807) is 0 Å². The highest BCUT2D eigenvalue weighted by molar-refractivity contribution is 5.20. The minimum absolute atomic E-state index is 0.253. The fourth-order valence-corrected chi connectivity index (χ4v) is 1.98. The van der Waals surface area contributed by atoms with Crippen LogP contribution in [0.1, 0.15) is 33.1 Å². The van der Waals surface area contributed by atoms with Gasteiger partial charge in [0.1, 0.15) is 5.75 Å². The van der Waals surface area contributed by atoms with Gasteiger partial charge >= 0.3 is 0 Å². The van der Waals surface area contributed by atoms with Crippen molar-refractivity contribution in [2.75, 3.05) is 26.3 Å². The summed E-state index contributed by atoms with van der Waals surface area (Å²) in [4.78, 5) is 0. The zero-order valence-corrected chi connectivity index (χ0v) is 12.2. The third kappa shape index (κ3) is 7.85. The minimum atomic E-state index is 0.253. The van der Waals surface area contributed by atoms with Crippen molar-refractivity contribution in [3.05, 3.63) is 30.3 Å². The monoisotopic (exact) mass is 265 g/mol. The van der Waals surface area contributed by atoms with Crippen LogP contribution in [0.4, 0.5) is 0 Å². The van der Waals surface area contributed by atoms with Gasteiger partial charge in [0.05, 0.1) is 6.61 Å². The molecule has 1 rings (SSSR count). The fourth-order valence-electron chi connectivity index (χ4n) is 1.98. The SMILES string of the molecule is CC(C)(CCCO)CNCCCOc1ccccc1. The van der Waals surface area contributed by atoms with E-state index in [0.29, 0.717) is 0 Å². The van der Waals surface area contributed by atoms with E-state index in [1.165, 1.54) is 0 Å². The van der Waals surface area contributed by atoms with Crippen LogP contribution in [0, 0.1) is 5.41 Å². The summed E-state index contributed by atoms with van der Waals surface area (Å²) in [5.41, 5.74) is 0.253. The van der Waals surface area contributed by atoms with Gasteiger partial charge in [0.15, 0.2) is 0 Å². The Bertz CT molecular complexity index is 325. The van der Waals surface area contributed by atoms with Gasteiger partial charge in [-0.3, -0.25) is 0 Å². The molecule has 0 aromatic heterocycles. The smallest absolute Gasteiger partial charge is 0.119 e. The molecule has 2 N–H and O–H groups in total. The average molecular weight is 265 g/mol. The molecule has 0 fully saturated rings. The molecule has 0 heterocycles. The molecule has 108 valence electrons. The molecule has 0 saturated carbocycles. The van der Waals surface area contributed by atoms with E-state index in [9.17, 15) is 0 Å². The lowest BCUT2D eigenvalue weighted by atomic mass is 9.88. The normalized spacial score (nSPS) is 11.5. The molecule has 0 saturated heterocycles. The van der Waals surface area contributed by atoms with Crippen LogP contribution >= 0.6 is 0 Å². The Morgan fingerprint density at radius 3 is 2.58 bits per heavy atom. The Kier molecular flexibility index (Phi) is 7.53. The lowest BCUT2D eigenvalue weighted by Gasteiger charge is -2.24. The van der Waals surface area contributed by atoms with Crippen molar-refractivity contribution < 1.29 is 9.84 Å². The predicted molar refractivity (Wildman–Crippen MR) is 79.5 cm³/mol. The zero-order chi connectivity index (χ0) is 14.0. The number of nitrogens with one attached hydrogen (secondary N) is 1. The Hall–Kier alpha value is -1.06. The molecule has 0 spiro atoms. The number of rotatable bonds is 10. The van der Waals surface area contributed by atoms with Crippen LogP contribution in [0.15, 0.2) is 30.3 Å². The zero-order valence-electron chi connectivity index (χ0n) is 12.2. The second kappa shape index (κ2) is 8.94. The van der Waals surface area contributed by atoms with Crippen molar-refractivity contribution in [1.82, 2.24) is 5.32 Å². The van der Waals surface area contributed by atoms with Crippen LogP contribution in [0.2, 0.25) is 0 Å². The van der Waals surface area contributed by atoms with Crippen LogP contribution < -0.4 is 10.1 Å². The highest BCUT2D eigenvalue weighted by atomic mass is 16.5. The Balaban J connectivity index is 2.02. The van der Waals surface area contributed by atoms with Crippen LogP contribution in [-0.4, -0.2) is 31.4 Å². The molecule has 3 nitrogen and oxygen atoms in total. The third-order valence-electron chi connectivity index (χ3n) is 3.13. The van der Waals surface area contributed by atoms with Gasteiger partial charge in [-0.25, -0.2) is 0 Å². The molecule has 0 atom stereocenters. The second-order valence-corrected chi connectivity index (χ2v) is 5.68. The van der Waals surface area contributed by atoms with Gasteiger partial charge in [-0.05, 0) is 43.4 Å². The Morgan fingerprint density at radius 2 is 1.89 bits per heavy atom. The highest BCUT2D eigenvalue weighted by Crippen LogP contribution is 2.20. The number of aliphatic hydroxyl groups is 1. The summed E-state index contributed by atoms with van der Waals surface area (Å²) in [7, 11) is 0. The summed E-state index contributed by atoms with van der Waals surface area (Å²) < 4.78 is 5.63. The first-order valence-electron chi connectivity index (χ1n) is 7.13. The molecule has 0 aliphatic heterocycles. The molecular weight excluding hydrogens is 238 g/mol. The Morgan fingerprint density at radius 1 is 1.16 bits per heavy atom. The van der Waals surface area contributed by atoms with Gasteiger partial charge in [0.2, 0.25) is 0 Å². The summed E-state index contributed by atoms with van der Waals surface area (Å²) in [5, 5.41) is 12.3. The minimum Gasteiger partial charge on any atom is -0.494 e. The van der Waals surface area contributed by atoms with Gasteiger partial charge in [-0.15, -0.1) is 0 Å². The van der Waals surface area contributed by atoms with Crippen LogP contribution in [0.25, 0.3) is 0 Å². The maximum atomic E-state index is 8.84. The van der Waals surface area contributed by atoms with E-state index in [2.05, 4.69) is 19.2 Å². The lowest BCUT2D eigenvalue weighted by molar-refractivity contribution is 0.234. The Labute approximate surface area is 117 Å². The van der Waals surface area contributed by atoms with Gasteiger partial charge in [-0.1, -0.05) is 32.0 Å². The molecule has 1 aromatic rings. The van der Waals surface area contributed by atoms with Crippen molar-refractivity contribution in [2.24, 2.45) is 5.41 Å². The number of hydrogen-bond acceptors (Lipinski definition) is 3. The van der Waals surface area contributed by atoms with E-state index < -0.39 is 0 Å². The number of aliphatic hydroxyl groups excluding tert-OH is 1. The molecule has 19 heavy (non-hydrogen) atoms. The molecule has 3 heteroatoms. The van der Waals surface area contributed by atoms with Crippen molar-refractivity contribution in [1.29, 1.82) is 0 Å². The van der Waals surface area contributed by atoms with Crippen LogP contribution in [0.3, 0.4) is 0 Å². The van der Waals surface area contributed by atoms with Gasteiger partial charge in [0.25, 0.3) is 0 Å². The van der Waals surface area contributed by atoms with E-state index >= 15 is 0 Å². The van der Waals surface area contributed by atoms with E-state index in [-0.39, 0.29) is 12.0 Å². The summed E-state index contributed by atoms with van der Waals surface area (Å²) >= 11 is 0. The molecule has 0 amide bonds. The molecular formula is C16H27NO2. The van der Waals surface area contributed by atoms with E-state index in [1.807, 2.05) is 30.3 Å².